The van der Waals surface area contributed by atoms with Crippen LogP contribution in [0.3, 0.4) is 0 Å². The Labute approximate surface area is 115 Å². The molecule has 2 nitrogen and oxygen atoms in total. The third kappa shape index (κ3) is 2.63. The van der Waals surface area contributed by atoms with Crippen LogP contribution in [0.2, 0.25) is 0 Å². The van der Waals surface area contributed by atoms with Crippen molar-refractivity contribution in [3.8, 4) is 0 Å². The third-order valence-corrected chi connectivity index (χ3v) is 3.86. The van der Waals surface area contributed by atoms with Gasteiger partial charge in [0.25, 0.3) is 0 Å². The molecule has 0 saturated heterocycles. The minimum absolute atomic E-state index is 0.165. The summed E-state index contributed by atoms with van der Waals surface area (Å²) < 4.78 is 13.5. The lowest BCUT2D eigenvalue weighted by atomic mass is 10.2. The van der Waals surface area contributed by atoms with Gasteiger partial charge in [-0.3, -0.25) is 0 Å². The van der Waals surface area contributed by atoms with Crippen LogP contribution in [0.15, 0.2) is 47.6 Å². The van der Waals surface area contributed by atoms with Gasteiger partial charge in [-0.1, -0.05) is 36.0 Å². The van der Waals surface area contributed by atoms with Crippen LogP contribution in [-0.4, -0.2) is 9.97 Å². The lowest BCUT2D eigenvalue weighted by Gasteiger charge is -2.00. The topological polar surface area (TPSA) is 28.7 Å². The zero-order chi connectivity index (χ0) is 13.2. The number of H-pyrrole nitrogens is 1. The summed E-state index contributed by atoms with van der Waals surface area (Å²) in [5, 5.41) is 0.823. The molecule has 2 aromatic carbocycles. The zero-order valence-corrected chi connectivity index (χ0v) is 11.3. The minimum Gasteiger partial charge on any atom is -0.333 e. The van der Waals surface area contributed by atoms with Gasteiger partial charge >= 0.3 is 0 Å². The lowest BCUT2D eigenvalue weighted by molar-refractivity contribution is 0.617. The highest BCUT2D eigenvalue weighted by Crippen LogP contribution is 2.24. The van der Waals surface area contributed by atoms with Gasteiger partial charge in [0.2, 0.25) is 0 Å². The molecule has 0 saturated carbocycles. The van der Waals surface area contributed by atoms with E-state index in [-0.39, 0.29) is 5.82 Å². The Hall–Kier alpha value is -1.81. The minimum atomic E-state index is -0.165. The highest BCUT2D eigenvalue weighted by Gasteiger charge is 2.06. The maximum atomic E-state index is 13.5. The van der Waals surface area contributed by atoms with Gasteiger partial charge in [0.1, 0.15) is 5.82 Å². The molecular weight excluding hydrogens is 259 g/mol. The Bertz CT molecular complexity index is 721. The van der Waals surface area contributed by atoms with E-state index in [2.05, 4.69) is 16.0 Å². The predicted molar refractivity (Wildman–Crippen MR) is 76.8 cm³/mol. The van der Waals surface area contributed by atoms with Crippen molar-refractivity contribution >= 4 is 22.8 Å². The second kappa shape index (κ2) is 5.05. The van der Waals surface area contributed by atoms with Crippen LogP contribution < -0.4 is 0 Å². The fourth-order valence-electron chi connectivity index (χ4n) is 1.93. The molecular formula is C15H13FN2S. The van der Waals surface area contributed by atoms with Gasteiger partial charge in [0.05, 0.1) is 11.0 Å². The number of benzene rings is 2. The predicted octanol–water partition coefficient (Wildman–Crippen LogP) is 4.30. The van der Waals surface area contributed by atoms with Crippen molar-refractivity contribution in [3.05, 3.63) is 59.4 Å². The number of halogens is 1. The Morgan fingerprint density at radius 1 is 1.21 bits per heavy atom. The van der Waals surface area contributed by atoms with E-state index in [9.17, 15) is 4.39 Å². The van der Waals surface area contributed by atoms with E-state index in [1.165, 1.54) is 23.4 Å². The average Bonchev–Trinajstić information content (AvgIpc) is 2.79. The summed E-state index contributed by atoms with van der Waals surface area (Å²) in [6.07, 6.45) is 0. The molecule has 4 heteroatoms. The molecule has 0 amide bonds. The number of rotatable bonds is 3. The zero-order valence-electron chi connectivity index (χ0n) is 10.5. The van der Waals surface area contributed by atoms with E-state index in [1.54, 1.807) is 12.1 Å². The van der Waals surface area contributed by atoms with Crippen molar-refractivity contribution in [2.45, 2.75) is 17.8 Å². The molecule has 0 unspecified atom stereocenters. The maximum absolute atomic E-state index is 13.5. The van der Waals surface area contributed by atoms with Gasteiger partial charge in [0, 0.05) is 5.75 Å². The first kappa shape index (κ1) is 12.2. The molecule has 0 aliphatic heterocycles. The van der Waals surface area contributed by atoms with Gasteiger partial charge in [-0.05, 0) is 36.2 Å². The quantitative estimate of drug-likeness (QED) is 0.720. The first-order valence-electron chi connectivity index (χ1n) is 6.05. The van der Waals surface area contributed by atoms with Crippen LogP contribution in [0.1, 0.15) is 11.1 Å². The first-order valence-corrected chi connectivity index (χ1v) is 7.03. The standard InChI is InChI=1S/C15H13FN2S/c1-10-6-7-13-14(8-10)18-15(17-13)19-9-11-4-2-3-5-12(11)16/h2-8H,9H2,1H3,(H,17,18). The Kier molecular flexibility index (Phi) is 3.25. The van der Waals surface area contributed by atoms with Crippen LogP contribution in [0, 0.1) is 12.7 Å². The summed E-state index contributed by atoms with van der Waals surface area (Å²) in [6, 6.07) is 12.9. The molecule has 0 aliphatic rings. The highest BCUT2D eigenvalue weighted by molar-refractivity contribution is 7.98. The number of aromatic nitrogens is 2. The summed E-state index contributed by atoms with van der Waals surface area (Å²) in [5.74, 6) is 0.410. The van der Waals surface area contributed by atoms with Gasteiger partial charge in [0.15, 0.2) is 5.16 Å². The number of thioether (sulfide) groups is 1. The van der Waals surface area contributed by atoms with Gasteiger partial charge < -0.3 is 4.98 Å². The van der Waals surface area contributed by atoms with Crippen molar-refractivity contribution in [3.63, 3.8) is 0 Å². The van der Waals surface area contributed by atoms with E-state index in [0.717, 1.165) is 16.2 Å². The summed E-state index contributed by atoms with van der Waals surface area (Å²) >= 11 is 1.51. The molecule has 0 spiro atoms. The molecule has 0 atom stereocenters. The summed E-state index contributed by atoms with van der Waals surface area (Å²) in [7, 11) is 0. The fourth-order valence-corrected chi connectivity index (χ4v) is 2.80. The molecule has 0 fully saturated rings. The number of imidazole rings is 1. The van der Waals surface area contributed by atoms with Crippen LogP contribution in [0.25, 0.3) is 11.0 Å². The molecule has 19 heavy (non-hydrogen) atoms. The van der Waals surface area contributed by atoms with Crippen molar-refractivity contribution < 1.29 is 4.39 Å². The van der Waals surface area contributed by atoms with Crippen molar-refractivity contribution in [1.29, 1.82) is 0 Å². The Morgan fingerprint density at radius 2 is 2.05 bits per heavy atom. The molecule has 0 radical (unpaired) electrons. The second-order valence-corrected chi connectivity index (χ2v) is 5.41. The van der Waals surface area contributed by atoms with Crippen LogP contribution in [0.4, 0.5) is 4.39 Å². The number of hydrogen-bond acceptors (Lipinski definition) is 2. The van der Waals surface area contributed by atoms with Crippen LogP contribution in [-0.2, 0) is 5.75 Å². The molecule has 1 N–H and O–H groups in total. The normalized spacial score (nSPS) is 11.1. The number of nitrogens with one attached hydrogen (secondary N) is 1. The van der Waals surface area contributed by atoms with Crippen molar-refractivity contribution in [1.82, 2.24) is 9.97 Å². The molecule has 0 aliphatic carbocycles. The van der Waals surface area contributed by atoms with E-state index in [0.29, 0.717) is 11.3 Å². The second-order valence-electron chi connectivity index (χ2n) is 4.44. The SMILES string of the molecule is Cc1ccc2nc(SCc3ccccc3F)[nH]c2c1. The third-order valence-electron chi connectivity index (χ3n) is 2.94. The number of fused-ring (bicyclic) bond motifs is 1. The Morgan fingerprint density at radius 3 is 2.89 bits per heavy atom. The number of hydrogen-bond donors (Lipinski definition) is 1. The van der Waals surface area contributed by atoms with Gasteiger partial charge in [-0.15, -0.1) is 0 Å². The molecule has 96 valence electrons. The van der Waals surface area contributed by atoms with Gasteiger partial charge in [-0.25, -0.2) is 9.37 Å². The average molecular weight is 272 g/mol. The van der Waals surface area contributed by atoms with Crippen LogP contribution >= 0.6 is 11.8 Å². The largest absolute Gasteiger partial charge is 0.333 e. The Balaban J connectivity index is 1.80. The smallest absolute Gasteiger partial charge is 0.166 e. The summed E-state index contributed by atoms with van der Waals surface area (Å²) in [6.45, 7) is 2.05. The molecule has 3 rings (SSSR count). The lowest BCUT2D eigenvalue weighted by Crippen LogP contribution is -1.86. The first-order chi connectivity index (χ1) is 9.22. The number of aromatic amines is 1. The van der Waals surface area contributed by atoms with E-state index >= 15 is 0 Å². The van der Waals surface area contributed by atoms with Crippen molar-refractivity contribution in [2.24, 2.45) is 0 Å². The van der Waals surface area contributed by atoms with Crippen molar-refractivity contribution in [2.75, 3.05) is 0 Å². The van der Waals surface area contributed by atoms with E-state index in [4.69, 9.17) is 0 Å². The molecule has 0 bridgehead atoms. The van der Waals surface area contributed by atoms with E-state index in [1.807, 2.05) is 25.1 Å². The van der Waals surface area contributed by atoms with E-state index < -0.39 is 0 Å². The number of aryl methyl sites for hydroxylation is 1. The fraction of sp³-hybridized carbons (Fsp3) is 0.133. The summed E-state index contributed by atoms with van der Waals surface area (Å²) in [5.41, 5.74) is 3.86. The summed E-state index contributed by atoms with van der Waals surface area (Å²) in [4.78, 5) is 7.74. The molecule has 1 aromatic heterocycles. The molecule has 3 aromatic rings. The monoisotopic (exact) mass is 272 g/mol. The van der Waals surface area contributed by atoms with Crippen LogP contribution in [0.5, 0.6) is 0 Å². The number of nitrogens with zero attached hydrogens (tertiary/aromatic N) is 1. The van der Waals surface area contributed by atoms with Gasteiger partial charge in [-0.2, -0.15) is 0 Å². The maximum Gasteiger partial charge on any atom is 0.166 e. The highest BCUT2D eigenvalue weighted by atomic mass is 32.2. The molecule has 1 heterocycles.